The monoisotopic (exact) mass is 204 g/mol. The first-order chi connectivity index (χ1) is 7.22. The van der Waals surface area contributed by atoms with Gasteiger partial charge in [0.25, 0.3) is 0 Å². The number of aryl methyl sites for hydroxylation is 1. The van der Waals surface area contributed by atoms with Crippen LogP contribution in [0.3, 0.4) is 0 Å². The SMILES string of the molecule is Cc1c[nH]c2c(F)cc(CN=C=O)cc12. The maximum absolute atomic E-state index is 13.5. The third-order valence-electron chi connectivity index (χ3n) is 2.33. The predicted molar refractivity (Wildman–Crippen MR) is 54.8 cm³/mol. The molecule has 0 aliphatic rings. The number of nitrogens with zero attached hydrogens (tertiary/aromatic N) is 1. The van der Waals surface area contributed by atoms with Crippen molar-refractivity contribution in [1.29, 1.82) is 0 Å². The molecule has 0 radical (unpaired) electrons. The number of H-pyrrole nitrogens is 1. The van der Waals surface area contributed by atoms with Crippen LogP contribution in [0.4, 0.5) is 4.39 Å². The molecule has 0 aliphatic carbocycles. The first kappa shape index (κ1) is 9.62. The van der Waals surface area contributed by atoms with Gasteiger partial charge in [-0.2, -0.15) is 0 Å². The molecule has 15 heavy (non-hydrogen) atoms. The molecular weight excluding hydrogens is 195 g/mol. The van der Waals surface area contributed by atoms with Crippen molar-refractivity contribution in [2.24, 2.45) is 4.99 Å². The number of aromatic amines is 1. The van der Waals surface area contributed by atoms with Gasteiger partial charge in [-0.3, -0.25) is 0 Å². The fourth-order valence-electron chi connectivity index (χ4n) is 1.59. The van der Waals surface area contributed by atoms with Crippen LogP contribution in [-0.4, -0.2) is 11.1 Å². The van der Waals surface area contributed by atoms with E-state index in [-0.39, 0.29) is 12.4 Å². The van der Waals surface area contributed by atoms with Crippen molar-refractivity contribution >= 4 is 17.0 Å². The van der Waals surface area contributed by atoms with E-state index in [0.717, 1.165) is 10.9 Å². The summed E-state index contributed by atoms with van der Waals surface area (Å²) < 4.78 is 13.5. The van der Waals surface area contributed by atoms with Crippen LogP contribution in [0.25, 0.3) is 10.9 Å². The second kappa shape index (κ2) is 3.67. The Kier molecular flexibility index (Phi) is 2.35. The molecule has 0 fully saturated rings. The van der Waals surface area contributed by atoms with E-state index >= 15 is 0 Å². The van der Waals surface area contributed by atoms with Crippen LogP contribution in [0.5, 0.6) is 0 Å². The van der Waals surface area contributed by atoms with E-state index < -0.39 is 0 Å². The topological polar surface area (TPSA) is 45.2 Å². The summed E-state index contributed by atoms with van der Waals surface area (Å²) in [5, 5.41) is 0.825. The van der Waals surface area contributed by atoms with Crippen LogP contribution in [0.1, 0.15) is 11.1 Å². The van der Waals surface area contributed by atoms with Crippen molar-refractivity contribution in [1.82, 2.24) is 4.98 Å². The Hall–Kier alpha value is -1.93. The molecule has 0 aliphatic heterocycles. The lowest BCUT2D eigenvalue weighted by Crippen LogP contribution is -1.86. The van der Waals surface area contributed by atoms with E-state index in [9.17, 15) is 9.18 Å². The molecule has 4 heteroatoms. The van der Waals surface area contributed by atoms with Gasteiger partial charge < -0.3 is 4.98 Å². The van der Waals surface area contributed by atoms with Gasteiger partial charge in [0.1, 0.15) is 5.82 Å². The largest absolute Gasteiger partial charge is 0.359 e. The summed E-state index contributed by atoms with van der Waals surface area (Å²) in [6.45, 7) is 2.06. The second-order valence-corrected chi connectivity index (χ2v) is 3.38. The maximum Gasteiger partial charge on any atom is 0.235 e. The molecule has 1 heterocycles. The summed E-state index contributed by atoms with van der Waals surface area (Å²) >= 11 is 0. The number of rotatable bonds is 2. The Balaban J connectivity index is 2.59. The third kappa shape index (κ3) is 1.67. The van der Waals surface area contributed by atoms with Crippen LogP contribution in [-0.2, 0) is 11.3 Å². The number of halogens is 1. The Morgan fingerprint density at radius 2 is 2.33 bits per heavy atom. The molecule has 0 atom stereocenters. The number of isocyanates is 1. The van der Waals surface area contributed by atoms with Gasteiger partial charge >= 0.3 is 0 Å². The van der Waals surface area contributed by atoms with E-state index in [0.29, 0.717) is 11.1 Å². The lowest BCUT2D eigenvalue weighted by Gasteiger charge is -1.99. The highest BCUT2D eigenvalue weighted by atomic mass is 19.1. The minimum absolute atomic E-state index is 0.168. The molecular formula is C11H9FN2O. The first-order valence-corrected chi connectivity index (χ1v) is 4.52. The molecule has 3 nitrogen and oxygen atoms in total. The Labute approximate surface area is 85.6 Å². The van der Waals surface area contributed by atoms with Crippen molar-refractivity contribution in [2.45, 2.75) is 13.5 Å². The van der Waals surface area contributed by atoms with E-state index in [1.807, 2.05) is 13.0 Å². The van der Waals surface area contributed by atoms with Crippen LogP contribution in [0.15, 0.2) is 23.3 Å². The lowest BCUT2D eigenvalue weighted by molar-refractivity contribution is 0.562. The zero-order valence-corrected chi connectivity index (χ0v) is 8.17. The van der Waals surface area contributed by atoms with Crippen LogP contribution >= 0.6 is 0 Å². The van der Waals surface area contributed by atoms with Crippen LogP contribution < -0.4 is 0 Å². The van der Waals surface area contributed by atoms with Gasteiger partial charge in [-0.15, -0.1) is 0 Å². The Morgan fingerprint density at radius 3 is 3.07 bits per heavy atom. The highest BCUT2D eigenvalue weighted by Crippen LogP contribution is 2.22. The van der Waals surface area contributed by atoms with Gasteiger partial charge in [0.15, 0.2) is 0 Å². The molecule has 0 amide bonds. The van der Waals surface area contributed by atoms with Crippen molar-refractivity contribution in [3.05, 3.63) is 35.3 Å². The molecule has 1 aromatic heterocycles. The summed E-state index contributed by atoms with van der Waals surface area (Å²) in [5.74, 6) is -0.323. The van der Waals surface area contributed by atoms with Gasteiger partial charge in [-0.05, 0) is 30.2 Å². The van der Waals surface area contributed by atoms with Crippen LogP contribution in [0, 0.1) is 12.7 Å². The summed E-state index contributed by atoms with van der Waals surface area (Å²) in [5.41, 5.74) is 2.14. The Bertz CT molecular complexity index is 553. The normalized spacial score (nSPS) is 10.3. The van der Waals surface area contributed by atoms with E-state index in [1.54, 1.807) is 6.20 Å². The molecule has 2 rings (SSSR count). The Morgan fingerprint density at radius 1 is 1.53 bits per heavy atom. The molecule has 0 unspecified atom stereocenters. The second-order valence-electron chi connectivity index (χ2n) is 3.38. The van der Waals surface area contributed by atoms with Crippen molar-refractivity contribution < 1.29 is 9.18 Å². The zero-order valence-electron chi connectivity index (χ0n) is 8.17. The summed E-state index contributed by atoms with van der Waals surface area (Å²) in [6.07, 6.45) is 3.19. The van der Waals surface area contributed by atoms with Crippen molar-refractivity contribution in [3.8, 4) is 0 Å². The van der Waals surface area contributed by atoms with Crippen molar-refractivity contribution in [2.75, 3.05) is 0 Å². The van der Waals surface area contributed by atoms with Gasteiger partial charge in [-0.25, -0.2) is 14.2 Å². The molecule has 0 saturated heterocycles. The molecule has 0 saturated carbocycles. The summed E-state index contributed by atoms with van der Waals surface area (Å²) in [6, 6.07) is 3.20. The first-order valence-electron chi connectivity index (χ1n) is 4.52. The lowest BCUT2D eigenvalue weighted by atomic mass is 10.1. The van der Waals surface area contributed by atoms with Gasteiger partial charge in [0.05, 0.1) is 12.1 Å². The minimum atomic E-state index is -0.323. The number of benzene rings is 1. The third-order valence-corrected chi connectivity index (χ3v) is 2.33. The molecule has 0 bridgehead atoms. The van der Waals surface area contributed by atoms with Crippen LogP contribution in [0.2, 0.25) is 0 Å². The number of nitrogens with one attached hydrogen (secondary N) is 1. The predicted octanol–water partition coefficient (Wildman–Crippen LogP) is 2.45. The maximum atomic E-state index is 13.5. The molecule has 1 aromatic carbocycles. The van der Waals surface area contributed by atoms with E-state index in [2.05, 4.69) is 9.98 Å². The summed E-state index contributed by atoms with van der Waals surface area (Å²) in [4.78, 5) is 16.2. The van der Waals surface area contributed by atoms with Gasteiger partial charge in [0, 0.05) is 11.6 Å². The number of aromatic nitrogens is 1. The molecule has 1 N–H and O–H groups in total. The van der Waals surface area contributed by atoms with Gasteiger partial charge in [0.2, 0.25) is 6.08 Å². The smallest absolute Gasteiger partial charge is 0.235 e. The molecule has 2 aromatic rings. The fraction of sp³-hybridized carbons (Fsp3) is 0.182. The standard InChI is InChI=1S/C11H9FN2O/c1-7-4-14-11-9(7)2-8(3-10(11)12)5-13-6-15/h2-4,14H,5H2,1H3. The number of aliphatic imine (C=N–C) groups is 1. The number of hydrogen-bond acceptors (Lipinski definition) is 2. The quantitative estimate of drug-likeness (QED) is 0.592. The zero-order chi connectivity index (χ0) is 10.8. The highest BCUT2D eigenvalue weighted by Gasteiger charge is 2.06. The fourth-order valence-corrected chi connectivity index (χ4v) is 1.59. The number of carbonyl (C=O) groups excluding carboxylic acids is 1. The highest BCUT2D eigenvalue weighted by molar-refractivity contribution is 5.84. The average Bonchev–Trinajstić information content (AvgIpc) is 2.58. The summed E-state index contributed by atoms with van der Waals surface area (Å²) in [7, 11) is 0. The van der Waals surface area contributed by atoms with E-state index in [1.165, 1.54) is 12.1 Å². The van der Waals surface area contributed by atoms with Gasteiger partial charge in [-0.1, -0.05) is 0 Å². The van der Waals surface area contributed by atoms with Crippen molar-refractivity contribution in [3.63, 3.8) is 0 Å². The number of fused-ring (bicyclic) bond motifs is 1. The molecule has 0 spiro atoms. The molecule has 76 valence electrons. The van der Waals surface area contributed by atoms with E-state index in [4.69, 9.17) is 0 Å². The number of hydrogen-bond donors (Lipinski definition) is 1. The minimum Gasteiger partial charge on any atom is -0.359 e. The average molecular weight is 204 g/mol.